The second kappa shape index (κ2) is 8.68. The van der Waals surface area contributed by atoms with Crippen LogP contribution in [0.4, 0.5) is 0 Å². The Morgan fingerprint density at radius 1 is 1.13 bits per heavy atom. The van der Waals surface area contributed by atoms with Crippen molar-refractivity contribution < 1.29 is 0 Å². The highest BCUT2D eigenvalue weighted by Crippen LogP contribution is 2.34. The summed E-state index contributed by atoms with van der Waals surface area (Å²) in [4.78, 5) is 4.07. The summed E-state index contributed by atoms with van der Waals surface area (Å²) in [7, 11) is 1.74. The summed E-state index contributed by atoms with van der Waals surface area (Å²) in [5.74, 6) is 0.610. The molecule has 0 atom stereocenters. The molecule has 1 fully saturated rings. The first-order valence-corrected chi connectivity index (χ1v) is 10.7. The molecule has 1 aliphatic heterocycles. The lowest BCUT2D eigenvalue weighted by molar-refractivity contribution is 0.128. The average Bonchev–Trinajstić information content (AvgIpc) is 2.64. The van der Waals surface area contributed by atoms with Crippen LogP contribution in [0.3, 0.4) is 0 Å². The lowest BCUT2D eigenvalue weighted by Gasteiger charge is -2.46. The zero-order valence-corrected chi connectivity index (χ0v) is 19.2. The zero-order chi connectivity index (χ0) is 21.9. The summed E-state index contributed by atoms with van der Waals surface area (Å²) in [6.45, 7) is 11.3. The quantitative estimate of drug-likeness (QED) is 0.716. The van der Waals surface area contributed by atoms with Gasteiger partial charge in [0.1, 0.15) is 0 Å². The Kier molecular flexibility index (Phi) is 6.41. The van der Waals surface area contributed by atoms with Gasteiger partial charge in [0.15, 0.2) is 0 Å². The van der Waals surface area contributed by atoms with Gasteiger partial charge in [-0.25, -0.2) is 0 Å². The van der Waals surface area contributed by atoms with Crippen molar-refractivity contribution in [3.05, 3.63) is 53.4 Å². The molecule has 1 aromatic carbocycles. The van der Waals surface area contributed by atoms with Crippen LogP contribution in [0.1, 0.15) is 57.4 Å². The predicted molar refractivity (Wildman–Crippen MR) is 127 cm³/mol. The van der Waals surface area contributed by atoms with E-state index in [0.717, 1.165) is 52.9 Å². The van der Waals surface area contributed by atoms with Gasteiger partial charge in [0.25, 0.3) is 0 Å². The van der Waals surface area contributed by atoms with Crippen molar-refractivity contribution in [3.8, 4) is 11.3 Å². The van der Waals surface area contributed by atoms with E-state index in [-0.39, 0.29) is 11.1 Å². The van der Waals surface area contributed by atoms with Crippen molar-refractivity contribution in [3.63, 3.8) is 0 Å². The first kappa shape index (κ1) is 22.2. The second-order valence-electron chi connectivity index (χ2n) is 9.82. The van der Waals surface area contributed by atoms with Crippen molar-refractivity contribution in [1.29, 1.82) is 0 Å². The van der Waals surface area contributed by atoms with Crippen LogP contribution in [-0.4, -0.2) is 34.5 Å². The lowest BCUT2D eigenvalue weighted by atomic mass is 9.74. The maximum Gasteiger partial charge on any atom is 0.0932 e. The summed E-state index contributed by atoms with van der Waals surface area (Å²) in [5, 5.41) is 12.9. The van der Waals surface area contributed by atoms with Crippen molar-refractivity contribution in [2.45, 2.75) is 65.0 Å². The number of allylic oxidation sites excluding steroid dienone is 1. The Bertz CT molecular complexity index is 923. The summed E-state index contributed by atoms with van der Waals surface area (Å²) in [5.41, 5.74) is 12.2. The number of nitrogens with one attached hydrogen (secondary N) is 1. The van der Waals surface area contributed by atoms with Gasteiger partial charge in [0, 0.05) is 41.7 Å². The molecule has 3 N–H and O–H groups in total. The molecule has 0 amide bonds. The predicted octanol–water partition coefficient (Wildman–Crippen LogP) is 4.55. The molecule has 30 heavy (non-hydrogen) atoms. The Morgan fingerprint density at radius 2 is 1.83 bits per heavy atom. The third kappa shape index (κ3) is 5.33. The zero-order valence-electron chi connectivity index (χ0n) is 19.2. The molecule has 3 rings (SSSR count). The Balaban J connectivity index is 1.76. The molecule has 1 aliphatic rings. The fraction of sp³-hybridized carbons (Fsp3) is 0.480. The molecule has 2 heterocycles. The van der Waals surface area contributed by atoms with Crippen LogP contribution >= 0.6 is 0 Å². The van der Waals surface area contributed by atoms with E-state index in [4.69, 9.17) is 5.73 Å². The number of hydrogen-bond acceptors (Lipinski definition) is 5. The van der Waals surface area contributed by atoms with Gasteiger partial charge >= 0.3 is 0 Å². The van der Waals surface area contributed by atoms with Gasteiger partial charge in [-0.2, -0.15) is 10.2 Å². The van der Waals surface area contributed by atoms with Crippen LogP contribution in [0.15, 0.2) is 41.5 Å². The van der Waals surface area contributed by atoms with Gasteiger partial charge in [-0.05, 0) is 83.1 Å². The van der Waals surface area contributed by atoms with E-state index < -0.39 is 0 Å². The second-order valence-corrected chi connectivity index (χ2v) is 9.82. The number of piperidine rings is 1. The summed E-state index contributed by atoms with van der Waals surface area (Å²) in [6, 6.07) is 10.5. The molecule has 5 heteroatoms. The maximum absolute atomic E-state index is 5.74. The molecule has 2 aromatic rings. The molecular weight excluding hydrogens is 370 g/mol. The summed E-state index contributed by atoms with van der Waals surface area (Å²) < 4.78 is 0. The first-order chi connectivity index (χ1) is 14.1. The number of aryl methyl sites for hydroxylation is 1. The summed E-state index contributed by atoms with van der Waals surface area (Å²) >= 11 is 0. The molecule has 5 nitrogen and oxygen atoms in total. The number of nitrogens with zero attached hydrogens (tertiary/aromatic N) is 3. The number of nitrogens with two attached hydrogens (primary N) is 1. The number of aliphatic imine (C=N–C) groups is 1. The Hall–Kier alpha value is -2.53. The van der Waals surface area contributed by atoms with E-state index in [1.54, 1.807) is 19.5 Å². The number of hydrogen-bond donors (Lipinski definition) is 2. The van der Waals surface area contributed by atoms with E-state index in [0.29, 0.717) is 5.92 Å². The summed E-state index contributed by atoms with van der Waals surface area (Å²) in [6.07, 6.45) is 6.63. The number of aromatic nitrogens is 2. The third-order valence-corrected chi connectivity index (χ3v) is 5.78. The number of rotatable bonds is 5. The van der Waals surface area contributed by atoms with Crippen LogP contribution in [0, 0.1) is 12.8 Å². The molecule has 0 saturated carbocycles. The molecule has 0 aliphatic carbocycles. The molecule has 0 radical (unpaired) electrons. The highest BCUT2D eigenvalue weighted by molar-refractivity contribution is 6.09. The van der Waals surface area contributed by atoms with Crippen LogP contribution in [-0.2, 0) is 6.42 Å². The fourth-order valence-electron chi connectivity index (χ4n) is 5.07. The third-order valence-electron chi connectivity index (χ3n) is 5.78. The van der Waals surface area contributed by atoms with Gasteiger partial charge in [-0.15, -0.1) is 0 Å². The van der Waals surface area contributed by atoms with Crippen molar-refractivity contribution >= 4 is 11.8 Å². The van der Waals surface area contributed by atoms with E-state index in [9.17, 15) is 0 Å². The molecule has 160 valence electrons. The molecule has 1 saturated heterocycles. The van der Waals surface area contributed by atoms with E-state index in [1.165, 1.54) is 0 Å². The van der Waals surface area contributed by atoms with Crippen LogP contribution in [0.25, 0.3) is 16.8 Å². The smallest absolute Gasteiger partial charge is 0.0932 e. The molecule has 0 bridgehead atoms. The molecular formula is C25H35N5. The highest BCUT2D eigenvalue weighted by atomic mass is 15.1. The Labute approximate surface area is 180 Å². The van der Waals surface area contributed by atoms with E-state index >= 15 is 0 Å². The van der Waals surface area contributed by atoms with Gasteiger partial charge in [-0.3, -0.25) is 4.99 Å². The largest absolute Gasteiger partial charge is 0.404 e. The van der Waals surface area contributed by atoms with E-state index in [1.807, 2.05) is 0 Å². The Morgan fingerprint density at radius 3 is 2.37 bits per heavy atom. The van der Waals surface area contributed by atoms with Gasteiger partial charge in [0.2, 0.25) is 0 Å². The van der Waals surface area contributed by atoms with Crippen LogP contribution in [0.2, 0.25) is 0 Å². The minimum Gasteiger partial charge on any atom is -0.404 e. The topological polar surface area (TPSA) is 76.2 Å². The minimum absolute atomic E-state index is 0.151. The molecule has 0 unspecified atom stereocenters. The van der Waals surface area contributed by atoms with Crippen LogP contribution < -0.4 is 11.1 Å². The first-order valence-electron chi connectivity index (χ1n) is 10.7. The van der Waals surface area contributed by atoms with Crippen molar-refractivity contribution in [2.24, 2.45) is 16.6 Å². The minimum atomic E-state index is 0.151. The fourth-order valence-corrected chi connectivity index (χ4v) is 5.07. The number of benzene rings is 1. The highest BCUT2D eigenvalue weighted by Gasteiger charge is 2.37. The van der Waals surface area contributed by atoms with Gasteiger partial charge in [-0.1, -0.05) is 18.2 Å². The molecule has 0 spiro atoms. The monoisotopic (exact) mass is 405 g/mol. The normalized spacial score (nSPS) is 19.3. The molecule has 1 aromatic heterocycles. The average molecular weight is 406 g/mol. The van der Waals surface area contributed by atoms with Crippen LogP contribution in [0.5, 0.6) is 0 Å². The van der Waals surface area contributed by atoms with Gasteiger partial charge < -0.3 is 11.1 Å². The van der Waals surface area contributed by atoms with E-state index in [2.05, 4.69) is 85.5 Å². The lowest BCUT2D eigenvalue weighted by Crippen LogP contribution is -2.58. The SMILES string of the molecule is CN=CC(=CN)c1ccc(-c2ccc(CC3CC(C)(C)NC(C)(C)C3)nn2)c(C)c1. The maximum atomic E-state index is 5.74. The standard InChI is InChI=1S/C25H35N5/c1-17-11-19(20(15-26)16-27-6)7-9-22(17)23-10-8-21(28-29-23)12-18-13-24(2,3)30-25(4,5)14-18/h7-11,15-16,18,30H,12-14,26H2,1-6H3. The van der Waals surface area contributed by atoms with Crippen molar-refractivity contribution in [2.75, 3.05) is 7.05 Å². The van der Waals surface area contributed by atoms with Gasteiger partial charge in [0.05, 0.1) is 11.4 Å². The van der Waals surface area contributed by atoms with Crippen molar-refractivity contribution in [1.82, 2.24) is 15.5 Å².